The highest BCUT2D eigenvalue weighted by molar-refractivity contribution is 5.47. The first-order valence-electron chi connectivity index (χ1n) is 7.31. The van der Waals surface area contributed by atoms with Gasteiger partial charge in [0.25, 0.3) is 0 Å². The van der Waals surface area contributed by atoms with Crippen molar-refractivity contribution < 1.29 is 0 Å². The van der Waals surface area contributed by atoms with Crippen molar-refractivity contribution in [1.82, 2.24) is 0 Å². The highest BCUT2D eigenvalue weighted by Crippen LogP contribution is 2.19. The quantitative estimate of drug-likeness (QED) is 0.864. The molecular formula is C18H24N2. The fourth-order valence-corrected chi connectivity index (χ4v) is 2.28. The highest BCUT2D eigenvalue weighted by atomic mass is 15.1. The molecule has 2 aromatic rings. The third kappa shape index (κ3) is 3.84. The fraction of sp³-hybridized carbons (Fsp3) is 0.333. The predicted octanol–water partition coefficient (Wildman–Crippen LogP) is 3.78. The van der Waals surface area contributed by atoms with E-state index in [1.165, 1.54) is 16.8 Å². The maximum atomic E-state index is 6.04. The van der Waals surface area contributed by atoms with E-state index in [1.54, 1.807) is 0 Å². The number of nitrogens with zero attached hydrogens (tertiary/aromatic N) is 1. The fourth-order valence-electron chi connectivity index (χ4n) is 2.28. The Morgan fingerprint density at radius 1 is 1.00 bits per heavy atom. The first-order valence-corrected chi connectivity index (χ1v) is 7.31. The van der Waals surface area contributed by atoms with Crippen LogP contribution in [0.5, 0.6) is 0 Å². The molecule has 2 N–H and O–H groups in total. The summed E-state index contributed by atoms with van der Waals surface area (Å²) in [5.41, 5.74) is 9.88. The molecule has 0 aliphatic carbocycles. The van der Waals surface area contributed by atoms with E-state index in [9.17, 15) is 0 Å². The van der Waals surface area contributed by atoms with Crippen molar-refractivity contribution in [2.45, 2.75) is 25.8 Å². The van der Waals surface area contributed by atoms with Crippen molar-refractivity contribution >= 4 is 5.69 Å². The number of benzene rings is 2. The maximum absolute atomic E-state index is 6.04. The molecule has 0 radical (unpaired) electrons. The first kappa shape index (κ1) is 14.6. The monoisotopic (exact) mass is 268 g/mol. The lowest BCUT2D eigenvalue weighted by Crippen LogP contribution is -2.20. The molecule has 2 aromatic carbocycles. The van der Waals surface area contributed by atoms with Gasteiger partial charge in [-0.15, -0.1) is 0 Å². The van der Waals surface area contributed by atoms with E-state index < -0.39 is 0 Å². The summed E-state index contributed by atoms with van der Waals surface area (Å²) in [6.07, 6.45) is 2.04. The summed E-state index contributed by atoms with van der Waals surface area (Å²) < 4.78 is 0. The van der Waals surface area contributed by atoms with Crippen LogP contribution in [-0.2, 0) is 6.42 Å². The topological polar surface area (TPSA) is 29.3 Å². The van der Waals surface area contributed by atoms with E-state index in [2.05, 4.69) is 73.5 Å². The largest absolute Gasteiger partial charge is 0.374 e. The van der Waals surface area contributed by atoms with Gasteiger partial charge in [0.1, 0.15) is 0 Å². The molecule has 0 amide bonds. The molecule has 2 rings (SSSR count). The van der Waals surface area contributed by atoms with E-state index in [0.717, 1.165) is 19.4 Å². The number of rotatable bonds is 6. The molecule has 2 nitrogen and oxygen atoms in total. The average molecular weight is 268 g/mol. The summed E-state index contributed by atoms with van der Waals surface area (Å²) in [7, 11) is 2.14. The molecule has 0 heterocycles. The molecule has 1 atom stereocenters. The Morgan fingerprint density at radius 3 is 2.25 bits per heavy atom. The minimum Gasteiger partial charge on any atom is -0.374 e. The molecule has 0 bridgehead atoms. The highest BCUT2D eigenvalue weighted by Gasteiger charge is 2.05. The third-order valence-corrected chi connectivity index (χ3v) is 3.78. The van der Waals surface area contributed by atoms with Gasteiger partial charge in [-0.05, 0) is 36.1 Å². The van der Waals surface area contributed by atoms with Crippen LogP contribution in [0.1, 0.15) is 30.5 Å². The molecule has 0 saturated heterocycles. The van der Waals surface area contributed by atoms with Crippen LogP contribution in [0.3, 0.4) is 0 Å². The minimum atomic E-state index is 0.152. The molecule has 106 valence electrons. The van der Waals surface area contributed by atoms with Crippen LogP contribution < -0.4 is 10.6 Å². The van der Waals surface area contributed by atoms with Gasteiger partial charge in [0.05, 0.1) is 0 Å². The standard InChI is InChI=1S/C18H24N2/c1-3-18(19)16-9-11-17(12-10-16)20(2)14-13-15-7-5-4-6-8-15/h4-12,18H,3,13-14,19H2,1-2H3. The smallest absolute Gasteiger partial charge is 0.0363 e. The Morgan fingerprint density at radius 2 is 1.65 bits per heavy atom. The van der Waals surface area contributed by atoms with E-state index in [4.69, 9.17) is 5.73 Å². The molecule has 2 heteroatoms. The molecule has 0 spiro atoms. The van der Waals surface area contributed by atoms with Crippen LogP contribution in [0.25, 0.3) is 0 Å². The molecule has 1 unspecified atom stereocenters. The molecular weight excluding hydrogens is 244 g/mol. The van der Waals surface area contributed by atoms with Gasteiger partial charge in [-0.3, -0.25) is 0 Å². The van der Waals surface area contributed by atoms with Crippen LogP contribution >= 0.6 is 0 Å². The van der Waals surface area contributed by atoms with Gasteiger partial charge in [-0.2, -0.15) is 0 Å². The van der Waals surface area contributed by atoms with Crippen LogP contribution in [0.4, 0.5) is 5.69 Å². The molecule has 0 aromatic heterocycles. The summed E-state index contributed by atoms with van der Waals surface area (Å²) in [5.74, 6) is 0. The molecule has 0 saturated carbocycles. The Bertz CT molecular complexity index is 505. The normalized spacial score (nSPS) is 12.2. The zero-order chi connectivity index (χ0) is 14.4. The predicted molar refractivity (Wildman–Crippen MR) is 87.1 cm³/mol. The number of hydrogen-bond donors (Lipinski definition) is 1. The molecule has 0 aliphatic heterocycles. The lowest BCUT2D eigenvalue weighted by molar-refractivity contribution is 0.698. The second kappa shape index (κ2) is 7.11. The maximum Gasteiger partial charge on any atom is 0.0363 e. The van der Waals surface area contributed by atoms with Crippen molar-refractivity contribution in [2.75, 3.05) is 18.5 Å². The van der Waals surface area contributed by atoms with E-state index in [-0.39, 0.29) is 6.04 Å². The number of nitrogens with two attached hydrogens (primary N) is 1. The second-order valence-corrected chi connectivity index (χ2v) is 5.26. The first-order chi connectivity index (χ1) is 9.70. The van der Waals surface area contributed by atoms with Crippen molar-refractivity contribution in [1.29, 1.82) is 0 Å². The summed E-state index contributed by atoms with van der Waals surface area (Å²) >= 11 is 0. The lowest BCUT2D eigenvalue weighted by Gasteiger charge is -2.20. The Kier molecular flexibility index (Phi) is 5.19. The van der Waals surface area contributed by atoms with Crippen LogP contribution in [-0.4, -0.2) is 13.6 Å². The van der Waals surface area contributed by atoms with E-state index >= 15 is 0 Å². The van der Waals surface area contributed by atoms with Crippen LogP contribution in [0, 0.1) is 0 Å². The van der Waals surface area contributed by atoms with Gasteiger partial charge in [-0.25, -0.2) is 0 Å². The summed E-state index contributed by atoms with van der Waals surface area (Å²) in [5, 5.41) is 0. The number of likely N-dealkylation sites (N-methyl/N-ethyl adjacent to an activating group) is 1. The number of hydrogen-bond acceptors (Lipinski definition) is 2. The molecule has 20 heavy (non-hydrogen) atoms. The van der Waals surface area contributed by atoms with Gasteiger partial charge in [0, 0.05) is 25.3 Å². The Balaban J connectivity index is 1.94. The van der Waals surface area contributed by atoms with Crippen molar-refractivity contribution in [2.24, 2.45) is 5.73 Å². The van der Waals surface area contributed by atoms with Gasteiger partial charge in [0.2, 0.25) is 0 Å². The van der Waals surface area contributed by atoms with Gasteiger partial charge in [-0.1, -0.05) is 49.4 Å². The average Bonchev–Trinajstić information content (AvgIpc) is 2.53. The second-order valence-electron chi connectivity index (χ2n) is 5.26. The van der Waals surface area contributed by atoms with Gasteiger partial charge < -0.3 is 10.6 Å². The summed E-state index contributed by atoms with van der Waals surface area (Å²) in [4.78, 5) is 2.29. The van der Waals surface area contributed by atoms with Crippen molar-refractivity contribution in [3.8, 4) is 0 Å². The summed E-state index contributed by atoms with van der Waals surface area (Å²) in [6, 6.07) is 19.4. The third-order valence-electron chi connectivity index (χ3n) is 3.78. The van der Waals surface area contributed by atoms with Crippen molar-refractivity contribution in [3.05, 3.63) is 65.7 Å². The van der Waals surface area contributed by atoms with Gasteiger partial charge >= 0.3 is 0 Å². The van der Waals surface area contributed by atoms with E-state index in [0.29, 0.717) is 0 Å². The SMILES string of the molecule is CCC(N)c1ccc(N(C)CCc2ccccc2)cc1. The van der Waals surface area contributed by atoms with Crippen LogP contribution in [0.2, 0.25) is 0 Å². The van der Waals surface area contributed by atoms with Crippen LogP contribution in [0.15, 0.2) is 54.6 Å². The van der Waals surface area contributed by atoms with E-state index in [1.807, 2.05) is 0 Å². The zero-order valence-electron chi connectivity index (χ0n) is 12.4. The number of anilines is 1. The molecule has 0 fully saturated rings. The summed E-state index contributed by atoms with van der Waals surface area (Å²) in [6.45, 7) is 3.13. The zero-order valence-corrected chi connectivity index (χ0v) is 12.4. The lowest BCUT2D eigenvalue weighted by atomic mass is 10.0. The minimum absolute atomic E-state index is 0.152. The Hall–Kier alpha value is -1.80. The Labute approximate surface area is 122 Å². The van der Waals surface area contributed by atoms with Crippen molar-refractivity contribution in [3.63, 3.8) is 0 Å². The van der Waals surface area contributed by atoms with Gasteiger partial charge in [0.15, 0.2) is 0 Å². The molecule has 0 aliphatic rings.